The van der Waals surface area contributed by atoms with Gasteiger partial charge in [-0.2, -0.15) is 0 Å². The van der Waals surface area contributed by atoms with Crippen molar-refractivity contribution in [2.24, 2.45) is 0 Å². The molecule has 24 heavy (non-hydrogen) atoms. The number of rotatable bonds is 3. The van der Waals surface area contributed by atoms with Gasteiger partial charge in [0.05, 0.1) is 5.75 Å². The topological polar surface area (TPSA) is 46.1 Å². The average Bonchev–Trinajstić information content (AvgIpc) is 3.02. The molecule has 0 spiro atoms. The molecule has 0 radical (unpaired) electrons. The standard InChI is InChI=1S/C18H23N3OS2/c1-12-19-17(16-13-7-6-8-14(13)24-18(16)20-12)23-11-15(22)21-9-4-2-3-5-10-21/h2-11H2,1H3. The number of likely N-dealkylation sites (tertiary alicyclic amines) is 1. The summed E-state index contributed by atoms with van der Waals surface area (Å²) in [5, 5.41) is 2.24. The van der Waals surface area contributed by atoms with E-state index in [0.717, 1.165) is 48.0 Å². The fraction of sp³-hybridized carbons (Fsp3) is 0.611. The van der Waals surface area contributed by atoms with Crippen molar-refractivity contribution in [3.05, 3.63) is 16.3 Å². The van der Waals surface area contributed by atoms with Crippen molar-refractivity contribution in [2.75, 3.05) is 18.8 Å². The van der Waals surface area contributed by atoms with Crippen molar-refractivity contribution < 1.29 is 4.79 Å². The number of aromatic nitrogens is 2. The molecule has 3 heterocycles. The Morgan fingerprint density at radius 2 is 1.92 bits per heavy atom. The number of amides is 1. The number of nitrogens with zero attached hydrogens (tertiary/aromatic N) is 3. The molecular weight excluding hydrogens is 338 g/mol. The first-order chi connectivity index (χ1) is 11.7. The van der Waals surface area contributed by atoms with Crippen LogP contribution in [-0.2, 0) is 17.6 Å². The van der Waals surface area contributed by atoms with Gasteiger partial charge in [0.15, 0.2) is 0 Å². The van der Waals surface area contributed by atoms with Gasteiger partial charge in [-0.3, -0.25) is 4.79 Å². The van der Waals surface area contributed by atoms with Crippen molar-refractivity contribution in [1.29, 1.82) is 0 Å². The highest BCUT2D eigenvalue weighted by Gasteiger charge is 2.23. The van der Waals surface area contributed by atoms with Crippen LogP contribution in [0.5, 0.6) is 0 Å². The largest absolute Gasteiger partial charge is 0.342 e. The van der Waals surface area contributed by atoms with Crippen molar-refractivity contribution in [1.82, 2.24) is 14.9 Å². The number of aryl methyl sites for hydroxylation is 3. The highest BCUT2D eigenvalue weighted by Crippen LogP contribution is 2.40. The monoisotopic (exact) mass is 361 g/mol. The van der Waals surface area contributed by atoms with E-state index in [0.29, 0.717) is 5.75 Å². The Kier molecular flexibility index (Phi) is 4.77. The summed E-state index contributed by atoms with van der Waals surface area (Å²) in [4.78, 5) is 26.5. The fourth-order valence-electron chi connectivity index (χ4n) is 3.71. The molecule has 0 saturated carbocycles. The van der Waals surface area contributed by atoms with E-state index >= 15 is 0 Å². The predicted molar refractivity (Wildman–Crippen MR) is 99.9 cm³/mol. The summed E-state index contributed by atoms with van der Waals surface area (Å²) in [6, 6.07) is 0. The molecule has 2 aromatic rings. The fourth-order valence-corrected chi connectivity index (χ4v) is 6.08. The number of carbonyl (C=O) groups is 1. The van der Waals surface area contributed by atoms with E-state index in [1.54, 1.807) is 11.8 Å². The highest BCUT2D eigenvalue weighted by atomic mass is 32.2. The van der Waals surface area contributed by atoms with E-state index in [2.05, 4.69) is 9.97 Å². The highest BCUT2D eigenvalue weighted by molar-refractivity contribution is 8.00. The number of hydrogen-bond donors (Lipinski definition) is 0. The second-order valence-electron chi connectivity index (χ2n) is 6.70. The molecule has 1 aliphatic carbocycles. The molecule has 4 rings (SSSR count). The Balaban J connectivity index is 1.54. The summed E-state index contributed by atoms with van der Waals surface area (Å²) in [6.07, 6.45) is 8.34. The van der Waals surface area contributed by atoms with Crippen LogP contribution < -0.4 is 0 Å². The van der Waals surface area contributed by atoms with Gasteiger partial charge in [-0.25, -0.2) is 9.97 Å². The van der Waals surface area contributed by atoms with E-state index in [9.17, 15) is 4.79 Å². The molecule has 4 nitrogen and oxygen atoms in total. The van der Waals surface area contributed by atoms with Gasteiger partial charge in [-0.05, 0) is 44.6 Å². The van der Waals surface area contributed by atoms with Gasteiger partial charge < -0.3 is 4.90 Å². The summed E-state index contributed by atoms with van der Waals surface area (Å²) < 4.78 is 0. The van der Waals surface area contributed by atoms with E-state index in [1.165, 1.54) is 41.5 Å². The zero-order valence-corrected chi connectivity index (χ0v) is 15.8. The van der Waals surface area contributed by atoms with Crippen molar-refractivity contribution in [2.45, 2.75) is 56.9 Å². The second kappa shape index (κ2) is 7.00. The lowest BCUT2D eigenvalue weighted by atomic mass is 10.2. The molecule has 0 unspecified atom stereocenters. The number of thioether (sulfide) groups is 1. The Hall–Kier alpha value is -1.14. The maximum atomic E-state index is 12.6. The Bertz CT molecular complexity index is 763. The molecule has 0 bridgehead atoms. The van der Waals surface area contributed by atoms with E-state index < -0.39 is 0 Å². The molecule has 128 valence electrons. The molecule has 1 aliphatic heterocycles. The summed E-state index contributed by atoms with van der Waals surface area (Å²) >= 11 is 3.43. The second-order valence-corrected chi connectivity index (χ2v) is 8.74. The molecule has 1 fully saturated rings. The zero-order valence-electron chi connectivity index (χ0n) is 14.1. The summed E-state index contributed by atoms with van der Waals surface area (Å²) in [6.45, 7) is 3.79. The third kappa shape index (κ3) is 3.18. The summed E-state index contributed by atoms with van der Waals surface area (Å²) in [5.74, 6) is 1.57. The van der Waals surface area contributed by atoms with Crippen LogP contribution in [0.15, 0.2) is 5.03 Å². The van der Waals surface area contributed by atoms with Gasteiger partial charge in [0, 0.05) is 23.4 Å². The van der Waals surface area contributed by atoms with E-state index in [1.807, 2.05) is 23.2 Å². The Morgan fingerprint density at radius 3 is 2.71 bits per heavy atom. The van der Waals surface area contributed by atoms with Crippen LogP contribution >= 0.6 is 23.1 Å². The van der Waals surface area contributed by atoms with Crippen LogP contribution in [-0.4, -0.2) is 39.6 Å². The summed E-state index contributed by atoms with van der Waals surface area (Å²) in [5.41, 5.74) is 1.44. The normalized spacial score (nSPS) is 18.0. The van der Waals surface area contributed by atoms with Crippen LogP contribution in [0.1, 0.15) is 48.4 Å². The zero-order chi connectivity index (χ0) is 16.5. The first-order valence-electron chi connectivity index (χ1n) is 8.92. The van der Waals surface area contributed by atoms with Crippen molar-refractivity contribution >= 4 is 39.2 Å². The number of carbonyl (C=O) groups excluding carboxylic acids is 1. The molecule has 2 aromatic heterocycles. The average molecular weight is 362 g/mol. The maximum absolute atomic E-state index is 12.6. The van der Waals surface area contributed by atoms with Crippen molar-refractivity contribution in [3.8, 4) is 0 Å². The van der Waals surface area contributed by atoms with E-state index in [4.69, 9.17) is 0 Å². The minimum Gasteiger partial charge on any atom is -0.342 e. The molecule has 0 aromatic carbocycles. The maximum Gasteiger partial charge on any atom is 0.232 e. The molecule has 6 heteroatoms. The molecule has 0 N–H and O–H groups in total. The van der Waals surface area contributed by atoms with Crippen LogP contribution in [0.3, 0.4) is 0 Å². The number of fused-ring (bicyclic) bond motifs is 3. The van der Waals surface area contributed by atoms with Gasteiger partial charge in [-0.15, -0.1) is 11.3 Å². The molecule has 1 saturated heterocycles. The first-order valence-corrected chi connectivity index (χ1v) is 10.7. The Labute approximate surface area is 151 Å². The van der Waals surface area contributed by atoms with E-state index in [-0.39, 0.29) is 5.91 Å². The minimum absolute atomic E-state index is 0.262. The SMILES string of the molecule is Cc1nc(SCC(=O)N2CCCCCC2)c2c3c(sc2n1)CCC3. The molecule has 1 amide bonds. The van der Waals surface area contributed by atoms with Crippen molar-refractivity contribution in [3.63, 3.8) is 0 Å². The third-order valence-corrected chi connectivity index (χ3v) is 7.08. The van der Waals surface area contributed by atoms with Gasteiger partial charge in [-0.1, -0.05) is 24.6 Å². The lowest BCUT2D eigenvalue weighted by Crippen LogP contribution is -2.33. The third-order valence-electron chi connectivity index (χ3n) is 4.93. The summed E-state index contributed by atoms with van der Waals surface area (Å²) in [7, 11) is 0. The van der Waals surface area contributed by atoms with Crippen LogP contribution in [0.4, 0.5) is 0 Å². The predicted octanol–water partition coefficient (Wildman–Crippen LogP) is 3.98. The quantitative estimate of drug-likeness (QED) is 0.613. The van der Waals surface area contributed by atoms with Gasteiger partial charge in [0.1, 0.15) is 15.7 Å². The van der Waals surface area contributed by atoms with Gasteiger partial charge in [0.2, 0.25) is 5.91 Å². The lowest BCUT2D eigenvalue weighted by molar-refractivity contribution is -0.128. The van der Waals surface area contributed by atoms with Crippen LogP contribution in [0.25, 0.3) is 10.2 Å². The minimum atomic E-state index is 0.262. The first kappa shape index (κ1) is 16.3. The number of hydrogen-bond acceptors (Lipinski definition) is 5. The smallest absolute Gasteiger partial charge is 0.232 e. The van der Waals surface area contributed by atoms with Gasteiger partial charge in [0.25, 0.3) is 0 Å². The van der Waals surface area contributed by atoms with Crippen LogP contribution in [0.2, 0.25) is 0 Å². The Morgan fingerprint density at radius 1 is 1.12 bits per heavy atom. The molecular formula is C18H23N3OS2. The van der Waals surface area contributed by atoms with Crippen LogP contribution in [0, 0.1) is 6.92 Å². The molecule has 2 aliphatic rings. The molecule has 0 atom stereocenters. The van der Waals surface area contributed by atoms with Gasteiger partial charge >= 0.3 is 0 Å². The lowest BCUT2D eigenvalue weighted by Gasteiger charge is -2.20. The number of thiophene rings is 1.